The molecule has 1 unspecified atom stereocenters. The van der Waals surface area contributed by atoms with E-state index in [9.17, 15) is 24.3 Å². The van der Waals surface area contributed by atoms with E-state index < -0.39 is 22.8 Å². The van der Waals surface area contributed by atoms with Crippen LogP contribution in [0.2, 0.25) is 0 Å². The molecule has 0 radical (unpaired) electrons. The van der Waals surface area contributed by atoms with Gasteiger partial charge in [0.05, 0.1) is 5.92 Å². The van der Waals surface area contributed by atoms with Crippen LogP contribution in [0.5, 0.6) is 0 Å². The molecule has 0 saturated carbocycles. The molecule has 1 atom stereocenters. The van der Waals surface area contributed by atoms with E-state index in [0.29, 0.717) is 44.0 Å². The number of carboxylic acid groups (broad SMARTS) is 1. The number of rotatable bonds is 5. The number of hydrogen-bond acceptors (Lipinski definition) is 7. The summed E-state index contributed by atoms with van der Waals surface area (Å²) in [5, 5.41) is 9.91. The zero-order chi connectivity index (χ0) is 32.9. The summed E-state index contributed by atoms with van der Waals surface area (Å²) in [4.78, 5) is 57.4. The first kappa shape index (κ1) is 33.1. The van der Waals surface area contributed by atoms with Crippen LogP contribution in [0.4, 0.5) is 0 Å². The van der Waals surface area contributed by atoms with Gasteiger partial charge in [-0.15, -0.1) is 0 Å². The highest BCUT2D eigenvalue weighted by Gasteiger charge is 2.51. The highest BCUT2D eigenvalue weighted by atomic mass is 16.4. The second-order valence-electron chi connectivity index (χ2n) is 12.6. The number of nitrogens with two attached hydrogens (primary N) is 1. The van der Waals surface area contributed by atoms with Gasteiger partial charge in [0.15, 0.2) is 11.3 Å². The lowest BCUT2D eigenvalue weighted by Crippen LogP contribution is -2.50. The average Bonchev–Trinajstić information content (AvgIpc) is 3.27. The molecule has 0 aromatic heterocycles. The van der Waals surface area contributed by atoms with E-state index in [4.69, 9.17) is 10.7 Å². The van der Waals surface area contributed by atoms with Gasteiger partial charge in [-0.1, -0.05) is 93.1 Å². The Morgan fingerprint density at radius 1 is 0.889 bits per heavy atom. The lowest BCUT2D eigenvalue weighted by molar-refractivity contribution is -0.316. The number of carboxylic acids is 1. The minimum Gasteiger partial charge on any atom is -0.550 e. The molecule has 2 N–H and O–H groups in total. The molecule has 0 bridgehead atoms. The molecule has 3 aromatic carbocycles. The number of amidine groups is 1. The van der Waals surface area contributed by atoms with Crippen molar-refractivity contribution >= 4 is 29.4 Å². The third-order valence-corrected chi connectivity index (χ3v) is 8.16. The van der Waals surface area contributed by atoms with Crippen molar-refractivity contribution in [2.24, 2.45) is 22.1 Å². The van der Waals surface area contributed by atoms with Gasteiger partial charge in [0.2, 0.25) is 5.91 Å². The fourth-order valence-corrected chi connectivity index (χ4v) is 5.60. The molecule has 45 heavy (non-hydrogen) atoms. The first-order valence-corrected chi connectivity index (χ1v) is 15.1. The lowest BCUT2D eigenvalue weighted by Gasteiger charge is -2.34. The van der Waals surface area contributed by atoms with Crippen LogP contribution in [0.25, 0.3) is 0 Å². The summed E-state index contributed by atoms with van der Waals surface area (Å²) in [5.41, 5.74) is 8.53. The molecule has 236 valence electrons. The fraction of sp³-hybridized carbons (Fsp3) is 0.361. The number of nitrogens with zero attached hydrogens (tertiary/aromatic N) is 3. The first-order chi connectivity index (χ1) is 21.2. The van der Waals surface area contributed by atoms with E-state index in [0.717, 1.165) is 22.3 Å². The Kier molecular flexibility index (Phi) is 9.91. The number of amides is 2. The molecular weight excluding hydrogens is 568 g/mol. The maximum absolute atomic E-state index is 14.2. The fourth-order valence-electron chi connectivity index (χ4n) is 5.60. The van der Waals surface area contributed by atoms with Crippen LogP contribution in [0.15, 0.2) is 83.9 Å². The summed E-state index contributed by atoms with van der Waals surface area (Å²) in [7, 11) is 0. The van der Waals surface area contributed by atoms with Crippen molar-refractivity contribution in [3.05, 3.63) is 107 Å². The van der Waals surface area contributed by atoms with E-state index in [2.05, 4.69) is 0 Å². The third kappa shape index (κ3) is 7.30. The van der Waals surface area contributed by atoms with E-state index in [1.54, 1.807) is 37.5 Å². The molecule has 2 aliphatic heterocycles. The number of hydrogen-bond donors (Lipinski definition) is 1. The number of carbonyl (C=O) groups is 4. The Hall–Kier alpha value is -4.79. The van der Waals surface area contributed by atoms with Crippen LogP contribution < -0.4 is 10.8 Å². The average molecular weight is 610 g/mol. The minimum atomic E-state index is -1.20. The highest BCUT2D eigenvalue weighted by molar-refractivity contribution is 6.15. The molecule has 3 aromatic rings. The van der Waals surface area contributed by atoms with Crippen LogP contribution in [0.3, 0.4) is 0 Å². The summed E-state index contributed by atoms with van der Waals surface area (Å²) in [6.45, 7) is 10.4. The summed E-state index contributed by atoms with van der Waals surface area (Å²) in [6.07, 6.45) is 0.357. The molecule has 0 aliphatic carbocycles. The number of benzene rings is 3. The molecule has 2 aliphatic rings. The van der Waals surface area contributed by atoms with Gasteiger partial charge in [-0.3, -0.25) is 14.4 Å². The first-order valence-electron chi connectivity index (χ1n) is 15.1. The quantitative estimate of drug-likeness (QED) is 0.472. The zero-order valence-electron chi connectivity index (χ0n) is 26.6. The predicted octanol–water partition coefficient (Wildman–Crippen LogP) is 3.12. The van der Waals surface area contributed by atoms with Gasteiger partial charge in [-0.2, -0.15) is 0 Å². The molecule has 0 spiro atoms. The standard InChI is InChI=1S/C31H32N4O3.C5H10O2/c1-21-17-23(19-24(18-21)30(38)35-15-13-34(14-16-35)22(2)36)20-27-28(37)31(33-29(27)32,25-9-5-3-6-10-25)26-11-7-4-8-12-26;1-5(2,3)4(6)7/h3-12,17-19,27H,13-16,20H2,1-2H3,(H2,32,33);1-3H3,(H,6,7)/p-1. The maximum atomic E-state index is 14.2. The number of aliphatic imine (C=N–C) groups is 1. The lowest BCUT2D eigenvalue weighted by atomic mass is 9.76. The normalized spacial score (nSPS) is 17.7. The molecular formula is C36H41N4O5-. The molecule has 2 amide bonds. The van der Waals surface area contributed by atoms with Gasteiger partial charge in [0, 0.05) is 50.1 Å². The van der Waals surface area contributed by atoms with E-state index in [1.165, 1.54) is 0 Å². The van der Waals surface area contributed by atoms with Crippen LogP contribution in [-0.2, 0) is 26.3 Å². The van der Waals surface area contributed by atoms with E-state index in [-0.39, 0.29) is 17.6 Å². The Balaban J connectivity index is 0.000000591. The van der Waals surface area contributed by atoms with Gasteiger partial charge < -0.3 is 25.4 Å². The molecule has 1 saturated heterocycles. The second-order valence-corrected chi connectivity index (χ2v) is 12.6. The van der Waals surface area contributed by atoms with Gasteiger partial charge in [0.25, 0.3) is 5.91 Å². The van der Waals surface area contributed by atoms with E-state index in [1.807, 2.05) is 85.8 Å². The van der Waals surface area contributed by atoms with Crippen LogP contribution in [-0.4, -0.2) is 65.4 Å². The van der Waals surface area contributed by atoms with Crippen LogP contribution in [0, 0.1) is 18.3 Å². The third-order valence-electron chi connectivity index (χ3n) is 8.16. The summed E-state index contributed by atoms with van der Waals surface area (Å²) in [6, 6.07) is 24.8. The number of aryl methyl sites for hydroxylation is 1. The Bertz CT molecular complexity index is 1550. The van der Waals surface area contributed by atoms with Gasteiger partial charge in [-0.05, 0) is 42.2 Å². The summed E-state index contributed by atoms with van der Waals surface area (Å²) in [5.74, 6) is -1.43. The van der Waals surface area contributed by atoms with Crippen molar-refractivity contribution < 1.29 is 24.3 Å². The highest BCUT2D eigenvalue weighted by Crippen LogP contribution is 2.42. The van der Waals surface area contributed by atoms with E-state index >= 15 is 0 Å². The number of carbonyl (C=O) groups excluding carboxylic acids is 4. The Morgan fingerprint density at radius 3 is 1.84 bits per heavy atom. The topological polar surface area (TPSA) is 136 Å². The Morgan fingerprint density at radius 2 is 1.38 bits per heavy atom. The van der Waals surface area contributed by atoms with Crippen molar-refractivity contribution in [1.82, 2.24) is 9.80 Å². The maximum Gasteiger partial charge on any atom is 0.253 e. The van der Waals surface area contributed by atoms with Crippen LogP contribution >= 0.6 is 0 Å². The number of aliphatic carboxylic acids is 1. The smallest absolute Gasteiger partial charge is 0.253 e. The molecule has 1 fully saturated rings. The molecule has 5 rings (SSSR count). The second kappa shape index (κ2) is 13.5. The van der Waals surface area contributed by atoms with Gasteiger partial charge >= 0.3 is 0 Å². The number of piperazine rings is 1. The van der Waals surface area contributed by atoms with Gasteiger partial charge in [0.1, 0.15) is 5.84 Å². The van der Waals surface area contributed by atoms with Crippen molar-refractivity contribution in [3.8, 4) is 0 Å². The van der Waals surface area contributed by atoms with Crippen molar-refractivity contribution in [2.75, 3.05) is 26.2 Å². The van der Waals surface area contributed by atoms with Gasteiger partial charge in [-0.25, -0.2) is 4.99 Å². The SMILES string of the molecule is CC(=O)N1CCN(C(=O)c2cc(C)cc(CC3C(=O)C(c4ccccc4)(c4ccccc4)N=C3N)c2)CC1.CC(C)(C)C(=O)[O-]. The Labute approximate surface area is 264 Å². The van der Waals surface area contributed by atoms with Crippen molar-refractivity contribution in [1.29, 1.82) is 0 Å². The van der Waals surface area contributed by atoms with Crippen molar-refractivity contribution in [2.45, 2.75) is 46.6 Å². The number of Topliss-reactive ketones (excluding diaryl/α,β-unsaturated/α-hetero) is 1. The molecule has 2 heterocycles. The largest absolute Gasteiger partial charge is 0.550 e. The van der Waals surface area contributed by atoms with Crippen LogP contribution in [0.1, 0.15) is 60.3 Å². The zero-order valence-corrected chi connectivity index (χ0v) is 26.6. The number of ketones is 1. The summed E-state index contributed by atoms with van der Waals surface area (Å²) < 4.78 is 0. The monoisotopic (exact) mass is 609 g/mol. The minimum absolute atomic E-state index is 0.0255. The predicted molar refractivity (Wildman–Crippen MR) is 171 cm³/mol. The molecule has 9 heteroatoms. The van der Waals surface area contributed by atoms with Crippen molar-refractivity contribution in [3.63, 3.8) is 0 Å². The molecule has 9 nitrogen and oxygen atoms in total. The summed E-state index contributed by atoms with van der Waals surface area (Å²) >= 11 is 0.